The summed E-state index contributed by atoms with van der Waals surface area (Å²) in [6.45, 7) is 6.14. The molecule has 8 heteroatoms. The minimum atomic E-state index is -3.09. The largest absolute Gasteiger partial charge is 0.394 e. The van der Waals surface area contributed by atoms with Gasteiger partial charge in [-0.3, -0.25) is 14.5 Å². The molecule has 41 heavy (non-hydrogen) atoms. The lowest BCUT2D eigenvalue weighted by molar-refractivity contribution is -0.135. The van der Waals surface area contributed by atoms with Gasteiger partial charge in [0.2, 0.25) is 14.3 Å². The zero-order valence-corrected chi connectivity index (χ0v) is 25.1. The van der Waals surface area contributed by atoms with Crippen molar-refractivity contribution >= 4 is 42.4 Å². The third-order valence-electron chi connectivity index (χ3n) is 9.45. The van der Waals surface area contributed by atoms with Crippen LogP contribution in [0.3, 0.4) is 0 Å². The van der Waals surface area contributed by atoms with Crippen molar-refractivity contribution in [1.82, 2.24) is 4.90 Å². The van der Waals surface area contributed by atoms with E-state index < -0.39 is 14.5 Å². The van der Waals surface area contributed by atoms with Gasteiger partial charge in [-0.25, -0.2) is 0 Å². The zero-order valence-electron chi connectivity index (χ0n) is 24.1. The molecule has 6 rings (SSSR count). The van der Waals surface area contributed by atoms with Crippen molar-refractivity contribution in [2.75, 3.05) is 18.1 Å². The van der Waals surface area contributed by atoms with E-state index in [0.29, 0.717) is 6.54 Å². The first-order valence-electron chi connectivity index (χ1n) is 14.9. The molecule has 3 heterocycles. The molecule has 0 aromatic heterocycles. The molecule has 0 saturated carbocycles. The van der Waals surface area contributed by atoms with Gasteiger partial charge < -0.3 is 18.9 Å². The van der Waals surface area contributed by atoms with Crippen molar-refractivity contribution in [3.8, 4) is 0 Å². The molecular formula is C33H39FN2O4Si. The highest BCUT2D eigenvalue weighted by Crippen LogP contribution is 2.47. The third-order valence-corrected chi connectivity index (χ3v) is 11.9. The van der Waals surface area contributed by atoms with Crippen LogP contribution in [0.1, 0.15) is 48.5 Å². The number of anilines is 2. The van der Waals surface area contributed by atoms with Gasteiger partial charge in [0, 0.05) is 23.2 Å². The number of aliphatic hydroxyl groups excluding tert-OH is 1. The molecule has 5 atom stereocenters. The molecule has 2 saturated heterocycles. The molecule has 0 radical (unpaired) electrons. The number of carbonyl (C=O) groups excluding carboxylic acids is 2. The molecule has 0 unspecified atom stereocenters. The number of amides is 2. The van der Waals surface area contributed by atoms with Crippen LogP contribution in [-0.2, 0) is 16.0 Å². The number of benzene rings is 3. The fourth-order valence-electron chi connectivity index (χ4n) is 7.51. The van der Waals surface area contributed by atoms with Crippen molar-refractivity contribution < 1.29 is 23.5 Å². The van der Waals surface area contributed by atoms with Gasteiger partial charge in [-0.1, -0.05) is 43.3 Å². The van der Waals surface area contributed by atoms with Crippen LogP contribution >= 0.6 is 0 Å². The molecule has 2 fully saturated rings. The average Bonchev–Trinajstić information content (AvgIpc) is 3.63. The lowest BCUT2D eigenvalue weighted by Gasteiger charge is -2.30. The number of ether oxygens (including phenoxy) is 1. The molecule has 3 aliphatic rings. The number of aryl methyl sites for hydroxylation is 1. The Balaban J connectivity index is 1.13. The van der Waals surface area contributed by atoms with E-state index in [9.17, 15) is 14.7 Å². The number of nitrogens with zero attached hydrogens (tertiary/aromatic N) is 2. The third kappa shape index (κ3) is 5.11. The SMILES string of the molecule is C[C@@H]1[C@@H]([Si](C)(C)F)[C@H](CC(=O)N2CCC[C@H]2CO)O[C@@H]1CCc1ccc(N2C(=O)c3cccc4cccc2c34)cc1. The Morgan fingerprint density at radius 3 is 2.51 bits per heavy atom. The number of likely N-dealkylation sites (tertiary alicyclic amines) is 1. The molecule has 0 spiro atoms. The summed E-state index contributed by atoms with van der Waals surface area (Å²) in [5.74, 6) is -0.0266. The van der Waals surface area contributed by atoms with Gasteiger partial charge >= 0.3 is 0 Å². The summed E-state index contributed by atoms with van der Waals surface area (Å²) in [7, 11) is -3.09. The summed E-state index contributed by atoms with van der Waals surface area (Å²) in [6, 6.07) is 19.8. The van der Waals surface area contributed by atoms with E-state index in [4.69, 9.17) is 4.74 Å². The summed E-state index contributed by atoms with van der Waals surface area (Å²) >= 11 is 0. The van der Waals surface area contributed by atoms with E-state index >= 15 is 4.11 Å². The first-order valence-corrected chi connectivity index (χ1v) is 17.8. The summed E-state index contributed by atoms with van der Waals surface area (Å²) in [5.41, 5.74) is 3.35. The van der Waals surface area contributed by atoms with E-state index in [1.54, 1.807) is 22.9 Å². The lowest BCUT2D eigenvalue weighted by atomic mass is 9.95. The predicted octanol–water partition coefficient (Wildman–Crippen LogP) is 6.39. The van der Waals surface area contributed by atoms with Crippen molar-refractivity contribution in [2.45, 2.75) is 75.9 Å². The Hall–Kier alpha value is -3.07. The Morgan fingerprint density at radius 1 is 1.07 bits per heavy atom. The fraction of sp³-hybridized carbons (Fsp3) is 0.455. The fourth-order valence-corrected chi connectivity index (χ4v) is 10.1. The number of aliphatic hydroxyl groups is 1. The highest BCUT2D eigenvalue weighted by Gasteiger charge is 2.52. The Morgan fingerprint density at radius 2 is 1.80 bits per heavy atom. The van der Waals surface area contributed by atoms with E-state index in [2.05, 4.69) is 19.1 Å². The molecule has 6 nitrogen and oxygen atoms in total. The molecule has 3 aromatic rings. The minimum absolute atomic E-state index is 0.0124. The first kappa shape index (κ1) is 28.1. The van der Waals surface area contributed by atoms with Gasteiger partial charge in [-0.15, -0.1) is 0 Å². The van der Waals surface area contributed by atoms with Gasteiger partial charge in [-0.05, 0) is 79.9 Å². The second-order valence-corrected chi connectivity index (χ2v) is 16.3. The number of rotatable bonds is 8. The highest BCUT2D eigenvalue weighted by atomic mass is 28.4. The second-order valence-electron chi connectivity index (χ2n) is 12.5. The number of hydrogen-bond donors (Lipinski definition) is 1. The molecule has 2 amide bonds. The van der Waals surface area contributed by atoms with Crippen LogP contribution in [0.2, 0.25) is 18.6 Å². The van der Waals surface area contributed by atoms with Crippen LogP contribution < -0.4 is 4.90 Å². The molecule has 1 N–H and O–H groups in total. The monoisotopic (exact) mass is 574 g/mol. The molecule has 0 bridgehead atoms. The smallest absolute Gasteiger partial charge is 0.263 e. The number of carbonyl (C=O) groups is 2. The lowest BCUT2D eigenvalue weighted by Crippen LogP contribution is -2.42. The van der Waals surface area contributed by atoms with Crippen molar-refractivity contribution in [2.24, 2.45) is 5.92 Å². The topological polar surface area (TPSA) is 70.1 Å². The molecule has 216 valence electrons. The maximum Gasteiger partial charge on any atom is 0.263 e. The Kier molecular flexibility index (Phi) is 7.51. The predicted molar refractivity (Wildman–Crippen MR) is 162 cm³/mol. The zero-order chi connectivity index (χ0) is 28.9. The van der Waals surface area contributed by atoms with E-state index in [-0.39, 0.29) is 48.4 Å². The quantitative estimate of drug-likeness (QED) is 0.250. The summed E-state index contributed by atoms with van der Waals surface area (Å²) in [5, 5.41) is 11.7. The van der Waals surface area contributed by atoms with Crippen LogP contribution in [0, 0.1) is 5.92 Å². The van der Waals surface area contributed by atoms with Gasteiger partial charge in [0.1, 0.15) is 0 Å². The molecular weight excluding hydrogens is 535 g/mol. The Bertz CT molecular complexity index is 1450. The number of halogens is 1. The van der Waals surface area contributed by atoms with E-state index in [0.717, 1.165) is 59.0 Å². The van der Waals surface area contributed by atoms with Crippen LogP contribution in [-0.4, -0.2) is 61.6 Å². The van der Waals surface area contributed by atoms with Crippen LogP contribution in [0.15, 0.2) is 60.7 Å². The first-order chi connectivity index (χ1) is 19.7. The second kappa shape index (κ2) is 11.0. The maximum atomic E-state index is 15.6. The molecule has 3 aromatic carbocycles. The van der Waals surface area contributed by atoms with Gasteiger partial charge in [0.05, 0.1) is 42.5 Å². The minimum Gasteiger partial charge on any atom is -0.394 e. The molecule has 0 aliphatic carbocycles. The normalized spacial score (nSPS) is 26.0. The van der Waals surface area contributed by atoms with Crippen LogP contribution in [0.4, 0.5) is 15.5 Å². The average molecular weight is 575 g/mol. The van der Waals surface area contributed by atoms with Crippen LogP contribution in [0.5, 0.6) is 0 Å². The van der Waals surface area contributed by atoms with Gasteiger partial charge in [0.25, 0.3) is 5.91 Å². The van der Waals surface area contributed by atoms with Gasteiger partial charge in [-0.2, -0.15) is 0 Å². The summed E-state index contributed by atoms with van der Waals surface area (Å²) in [6.07, 6.45) is 2.83. The van der Waals surface area contributed by atoms with Crippen molar-refractivity contribution in [3.05, 3.63) is 71.8 Å². The summed E-state index contributed by atoms with van der Waals surface area (Å²) < 4.78 is 22.0. The Labute approximate surface area is 242 Å². The van der Waals surface area contributed by atoms with Crippen molar-refractivity contribution in [3.63, 3.8) is 0 Å². The number of hydrogen-bond acceptors (Lipinski definition) is 4. The molecule has 3 aliphatic heterocycles. The summed E-state index contributed by atoms with van der Waals surface area (Å²) in [4.78, 5) is 30.0. The van der Waals surface area contributed by atoms with Crippen molar-refractivity contribution in [1.29, 1.82) is 0 Å². The highest BCUT2D eigenvalue weighted by molar-refractivity contribution is 6.72. The van der Waals surface area contributed by atoms with E-state index in [1.807, 2.05) is 48.5 Å². The van der Waals surface area contributed by atoms with E-state index in [1.165, 1.54) is 0 Å². The van der Waals surface area contributed by atoms with Gasteiger partial charge in [0.15, 0.2) is 0 Å². The standard InChI is InChI=1S/C33H39FN2O4Si/c1-21-28(40-29(32(21)41(2,3)34)19-30(38)35-18-6-9-25(35)20-37)17-14-22-12-15-24(16-13-22)36-27-11-5-8-23-7-4-10-26(31(23)27)33(36)39/h4-5,7-8,10-13,15-16,21,25,28-29,32,37H,6,9,14,17-20H2,1-3H3/t21-,25-,28+,29-,32+/m0/s1. The van der Waals surface area contributed by atoms with Crippen LogP contribution in [0.25, 0.3) is 10.8 Å². The maximum absolute atomic E-state index is 15.6.